The molecule has 0 saturated heterocycles. The van der Waals surface area contributed by atoms with Crippen LogP contribution >= 0.6 is 0 Å². The summed E-state index contributed by atoms with van der Waals surface area (Å²) in [7, 11) is 0. The number of hydrogen-bond donors (Lipinski definition) is 0. The van der Waals surface area contributed by atoms with Crippen LogP contribution in [0.5, 0.6) is 5.75 Å². The minimum atomic E-state index is -0.296. The number of carbonyl (C=O) groups excluding carboxylic acids is 2. The topological polar surface area (TPSA) is 52.6 Å². The Morgan fingerprint density at radius 3 is 2.50 bits per heavy atom. The highest BCUT2D eigenvalue weighted by Crippen LogP contribution is 2.59. The lowest BCUT2D eigenvalue weighted by Crippen LogP contribution is -2.40. The summed E-state index contributed by atoms with van der Waals surface area (Å²) in [5.41, 5.74) is 3.88. The van der Waals surface area contributed by atoms with E-state index in [4.69, 9.17) is 9.47 Å². The summed E-state index contributed by atoms with van der Waals surface area (Å²) in [4.78, 5) is 23.0. The third-order valence-electron chi connectivity index (χ3n) is 7.06. The van der Waals surface area contributed by atoms with E-state index in [0.29, 0.717) is 11.7 Å². The Balaban J connectivity index is 1.79. The van der Waals surface area contributed by atoms with E-state index >= 15 is 0 Å². The summed E-state index contributed by atoms with van der Waals surface area (Å²) in [6.07, 6.45) is 5.09. The summed E-state index contributed by atoms with van der Waals surface area (Å²) < 4.78 is 11.1. The van der Waals surface area contributed by atoms with Gasteiger partial charge >= 0.3 is 11.9 Å². The second-order valence-electron chi connectivity index (χ2n) is 8.33. The lowest BCUT2D eigenvalue weighted by atomic mass is 9.63. The second kappa shape index (κ2) is 6.91. The van der Waals surface area contributed by atoms with Crippen LogP contribution in [0.25, 0.3) is 10.8 Å². The maximum atomic E-state index is 11.6. The molecule has 0 radical (unpaired) electrons. The Bertz CT molecular complexity index is 961. The van der Waals surface area contributed by atoms with Crippen LogP contribution in [0, 0.1) is 12.3 Å². The van der Waals surface area contributed by atoms with Gasteiger partial charge in [0.25, 0.3) is 0 Å². The number of esters is 2. The van der Waals surface area contributed by atoms with Gasteiger partial charge in [-0.1, -0.05) is 25.1 Å². The van der Waals surface area contributed by atoms with Crippen molar-refractivity contribution in [1.82, 2.24) is 0 Å². The number of carbonyl (C=O) groups is 2. The number of benzene rings is 2. The average Bonchev–Trinajstić information content (AvgIpc) is 3.01. The van der Waals surface area contributed by atoms with Gasteiger partial charge in [0.05, 0.1) is 0 Å². The van der Waals surface area contributed by atoms with Gasteiger partial charge in [0, 0.05) is 19.3 Å². The van der Waals surface area contributed by atoms with Gasteiger partial charge in [0.1, 0.15) is 11.9 Å². The van der Waals surface area contributed by atoms with Crippen molar-refractivity contribution in [3.63, 3.8) is 0 Å². The van der Waals surface area contributed by atoms with Crippen molar-refractivity contribution < 1.29 is 19.1 Å². The fourth-order valence-electron chi connectivity index (χ4n) is 5.79. The Labute approximate surface area is 166 Å². The molecule has 0 bridgehead atoms. The van der Waals surface area contributed by atoms with Gasteiger partial charge in [-0.25, -0.2) is 0 Å². The van der Waals surface area contributed by atoms with Gasteiger partial charge in [-0.05, 0) is 78.5 Å². The van der Waals surface area contributed by atoms with Crippen molar-refractivity contribution >= 4 is 22.7 Å². The maximum Gasteiger partial charge on any atom is 0.308 e. The summed E-state index contributed by atoms with van der Waals surface area (Å²) in [5.74, 6) is 0.602. The fourth-order valence-corrected chi connectivity index (χ4v) is 5.79. The van der Waals surface area contributed by atoms with E-state index in [9.17, 15) is 9.59 Å². The Morgan fingerprint density at radius 1 is 1.07 bits per heavy atom. The van der Waals surface area contributed by atoms with E-state index in [1.807, 2.05) is 13.0 Å². The molecule has 1 fully saturated rings. The molecule has 4 rings (SSSR count). The number of rotatable bonds is 3. The smallest absolute Gasteiger partial charge is 0.308 e. The van der Waals surface area contributed by atoms with Crippen LogP contribution in [-0.2, 0) is 20.7 Å². The summed E-state index contributed by atoms with van der Waals surface area (Å²) in [6.45, 7) is 7.19. The van der Waals surface area contributed by atoms with Crippen LogP contribution in [0.1, 0.15) is 69.1 Å². The third-order valence-corrected chi connectivity index (χ3v) is 7.06. The van der Waals surface area contributed by atoms with Crippen molar-refractivity contribution in [3.05, 3.63) is 41.0 Å². The van der Waals surface area contributed by atoms with E-state index in [1.54, 1.807) is 0 Å². The van der Waals surface area contributed by atoms with E-state index in [-0.39, 0.29) is 23.5 Å². The lowest BCUT2D eigenvalue weighted by Gasteiger charge is -2.43. The van der Waals surface area contributed by atoms with Crippen LogP contribution in [0.3, 0.4) is 0 Å². The molecule has 148 valence electrons. The third kappa shape index (κ3) is 2.81. The molecule has 0 spiro atoms. The first-order valence-electron chi connectivity index (χ1n) is 10.3. The number of fused-ring (bicyclic) bond motifs is 5. The molecule has 0 amide bonds. The molecule has 0 aliphatic heterocycles. The highest BCUT2D eigenvalue weighted by Gasteiger charge is 2.53. The number of ether oxygens (including phenoxy) is 2. The summed E-state index contributed by atoms with van der Waals surface area (Å²) in [6, 6.07) is 8.43. The van der Waals surface area contributed by atoms with Crippen LogP contribution < -0.4 is 4.74 Å². The SMILES string of the molecule is CC[C@@]12CCc3c(ccc4c(C)c(OC(C)=O)ccc34)[C@@H]1CC[C@@H]2OC(C)=O. The molecule has 1 saturated carbocycles. The molecule has 4 heteroatoms. The normalized spacial score (nSPS) is 25.9. The molecule has 3 atom stereocenters. The van der Waals surface area contributed by atoms with Gasteiger partial charge in [-0.3, -0.25) is 9.59 Å². The van der Waals surface area contributed by atoms with Crippen LogP contribution in [0.15, 0.2) is 24.3 Å². The van der Waals surface area contributed by atoms with E-state index in [1.165, 1.54) is 30.4 Å². The molecule has 0 unspecified atom stereocenters. The average molecular weight is 380 g/mol. The maximum absolute atomic E-state index is 11.6. The standard InChI is InChI=1S/C24H28O4/c1-5-24-13-12-19-18-8-10-22(27-15(3)25)14(2)17(18)6-7-20(19)21(24)9-11-23(24)28-16(4)26/h6-8,10,21,23H,5,9,11-13H2,1-4H3/t21-,23-,24+/m0/s1. The quantitative estimate of drug-likeness (QED) is 0.541. The Hall–Kier alpha value is -2.36. The Morgan fingerprint density at radius 2 is 1.82 bits per heavy atom. The van der Waals surface area contributed by atoms with E-state index in [0.717, 1.165) is 43.1 Å². The molecular weight excluding hydrogens is 352 g/mol. The molecule has 28 heavy (non-hydrogen) atoms. The zero-order valence-corrected chi connectivity index (χ0v) is 17.1. The molecule has 2 aromatic carbocycles. The van der Waals surface area contributed by atoms with Gasteiger partial charge in [-0.15, -0.1) is 0 Å². The van der Waals surface area contributed by atoms with Gasteiger partial charge < -0.3 is 9.47 Å². The predicted octanol–water partition coefficient (Wildman–Crippen LogP) is 5.23. The largest absolute Gasteiger partial charge is 0.462 e. The molecule has 0 aromatic heterocycles. The van der Waals surface area contributed by atoms with Gasteiger partial charge in [0.15, 0.2) is 0 Å². The highest BCUT2D eigenvalue weighted by molar-refractivity contribution is 5.92. The molecule has 4 nitrogen and oxygen atoms in total. The van der Waals surface area contributed by atoms with Crippen molar-refractivity contribution in [3.8, 4) is 5.75 Å². The fraction of sp³-hybridized carbons (Fsp3) is 0.500. The monoisotopic (exact) mass is 380 g/mol. The molecule has 2 aromatic rings. The first-order valence-corrected chi connectivity index (χ1v) is 10.3. The zero-order valence-electron chi connectivity index (χ0n) is 17.1. The van der Waals surface area contributed by atoms with Crippen molar-refractivity contribution in [1.29, 1.82) is 0 Å². The van der Waals surface area contributed by atoms with E-state index < -0.39 is 0 Å². The second-order valence-corrected chi connectivity index (χ2v) is 8.33. The van der Waals surface area contributed by atoms with Crippen LogP contribution in [0.2, 0.25) is 0 Å². The van der Waals surface area contributed by atoms with Crippen LogP contribution in [0.4, 0.5) is 0 Å². The van der Waals surface area contributed by atoms with Gasteiger partial charge in [-0.2, -0.15) is 0 Å². The summed E-state index contributed by atoms with van der Waals surface area (Å²) >= 11 is 0. The molecule has 2 aliphatic rings. The number of hydrogen-bond acceptors (Lipinski definition) is 4. The van der Waals surface area contributed by atoms with Crippen LogP contribution in [-0.4, -0.2) is 18.0 Å². The zero-order chi connectivity index (χ0) is 20.1. The summed E-state index contributed by atoms with van der Waals surface area (Å²) in [5, 5.41) is 2.41. The minimum absolute atomic E-state index is 0.0249. The highest BCUT2D eigenvalue weighted by atomic mass is 16.5. The van der Waals surface area contributed by atoms with Crippen molar-refractivity contribution in [2.75, 3.05) is 0 Å². The molecular formula is C24H28O4. The first kappa shape index (κ1) is 19.0. The number of aryl methyl sites for hydroxylation is 2. The molecule has 2 aliphatic carbocycles. The lowest BCUT2D eigenvalue weighted by molar-refractivity contribution is -0.153. The predicted molar refractivity (Wildman–Crippen MR) is 109 cm³/mol. The van der Waals surface area contributed by atoms with Crippen molar-refractivity contribution in [2.45, 2.75) is 71.8 Å². The van der Waals surface area contributed by atoms with Crippen molar-refractivity contribution in [2.24, 2.45) is 5.41 Å². The molecule has 0 heterocycles. The Kier molecular flexibility index (Phi) is 4.68. The van der Waals surface area contributed by atoms with E-state index in [2.05, 4.69) is 25.1 Å². The van der Waals surface area contributed by atoms with Gasteiger partial charge in [0.2, 0.25) is 0 Å². The minimum Gasteiger partial charge on any atom is -0.462 e. The molecule has 0 N–H and O–H groups in total. The first-order chi connectivity index (χ1) is 13.4.